The lowest BCUT2D eigenvalue weighted by molar-refractivity contribution is -0.124. The smallest absolute Gasteiger partial charge is 0.224 e. The highest BCUT2D eigenvalue weighted by atomic mass is 32.2. The number of halogens is 1. The molecule has 22 heavy (non-hydrogen) atoms. The summed E-state index contributed by atoms with van der Waals surface area (Å²) in [5, 5.41) is 2.78. The predicted octanol–water partition coefficient (Wildman–Crippen LogP) is 2.00. The van der Waals surface area contributed by atoms with E-state index in [-0.39, 0.29) is 23.2 Å². The molecule has 122 valence electrons. The summed E-state index contributed by atoms with van der Waals surface area (Å²) in [4.78, 5) is 11.8. The first-order chi connectivity index (χ1) is 10.5. The molecule has 1 aliphatic heterocycles. The van der Waals surface area contributed by atoms with Crippen LogP contribution in [0.3, 0.4) is 0 Å². The normalized spacial score (nSPS) is 20.0. The van der Waals surface area contributed by atoms with Crippen LogP contribution in [-0.4, -0.2) is 38.1 Å². The molecule has 7 heteroatoms. The SMILES string of the molecule is O=C(NCCCSCc1ccccc1F)C1CCS(=O)(=O)C1. The molecular weight excluding hydrogens is 325 g/mol. The quantitative estimate of drug-likeness (QED) is 0.768. The summed E-state index contributed by atoms with van der Waals surface area (Å²) in [7, 11) is -3.01. The average Bonchev–Trinajstić information content (AvgIpc) is 2.84. The van der Waals surface area contributed by atoms with Gasteiger partial charge in [-0.15, -0.1) is 0 Å². The molecule has 1 aliphatic rings. The minimum Gasteiger partial charge on any atom is -0.356 e. The average molecular weight is 345 g/mol. The Morgan fingerprint density at radius 3 is 2.82 bits per heavy atom. The monoisotopic (exact) mass is 345 g/mol. The zero-order valence-corrected chi connectivity index (χ0v) is 13.9. The van der Waals surface area contributed by atoms with Crippen LogP contribution in [0.5, 0.6) is 0 Å². The standard InChI is InChI=1S/C15H20FNO3S2/c16-14-5-2-1-4-12(14)10-21-8-3-7-17-15(18)13-6-9-22(19,20)11-13/h1-2,4-5,13H,3,6-11H2,(H,17,18). The summed E-state index contributed by atoms with van der Waals surface area (Å²) in [6.07, 6.45) is 1.21. The fraction of sp³-hybridized carbons (Fsp3) is 0.533. The number of benzene rings is 1. The largest absolute Gasteiger partial charge is 0.356 e. The lowest BCUT2D eigenvalue weighted by Crippen LogP contribution is -2.32. The molecule has 1 aromatic carbocycles. The summed E-state index contributed by atoms with van der Waals surface area (Å²) in [5.41, 5.74) is 0.688. The van der Waals surface area contributed by atoms with Crippen LogP contribution in [0.25, 0.3) is 0 Å². The number of hydrogen-bond donors (Lipinski definition) is 1. The van der Waals surface area contributed by atoms with Crippen molar-refractivity contribution in [2.45, 2.75) is 18.6 Å². The molecule has 1 N–H and O–H groups in total. The van der Waals surface area contributed by atoms with Gasteiger partial charge in [0.2, 0.25) is 5.91 Å². The highest BCUT2D eigenvalue weighted by molar-refractivity contribution is 7.98. The van der Waals surface area contributed by atoms with E-state index in [1.54, 1.807) is 23.9 Å². The summed E-state index contributed by atoms with van der Waals surface area (Å²) >= 11 is 1.62. The van der Waals surface area contributed by atoms with E-state index >= 15 is 0 Å². The topological polar surface area (TPSA) is 63.2 Å². The van der Waals surface area contributed by atoms with Crippen LogP contribution in [0.1, 0.15) is 18.4 Å². The fourth-order valence-electron chi connectivity index (χ4n) is 2.33. The van der Waals surface area contributed by atoms with E-state index in [4.69, 9.17) is 0 Å². The molecule has 1 fully saturated rings. The van der Waals surface area contributed by atoms with Crippen LogP contribution < -0.4 is 5.32 Å². The molecule has 1 amide bonds. The van der Waals surface area contributed by atoms with Gasteiger partial charge in [-0.2, -0.15) is 11.8 Å². The van der Waals surface area contributed by atoms with Crippen molar-refractivity contribution in [3.05, 3.63) is 35.6 Å². The molecule has 0 spiro atoms. The number of thioether (sulfide) groups is 1. The second-order valence-corrected chi connectivity index (χ2v) is 8.72. The first-order valence-electron chi connectivity index (χ1n) is 7.27. The predicted molar refractivity (Wildman–Crippen MR) is 86.9 cm³/mol. The minimum absolute atomic E-state index is 0.0269. The van der Waals surface area contributed by atoms with Crippen LogP contribution in [0.15, 0.2) is 24.3 Å². The van der Waals surface area contributed by atoms with Gasteiger partial charge in [-0.25, -0.2) is 12.8 Å². The summed E-state index contributed by atoms with van der Waals surface area (Å²) in [6, 6.07) is 6.70. The Hall–Kier alpha value is -1.08. The van der Waals surface area contributed by atoms with Crippen LogP contribution in [0, 0.1) is 11.7 Å². The van der Waals surface area contributed by atoms with Gasteiger partial charge in [0.15, 0.2) is 9.84 Å². The van der Waals surface area contributed by atoms with Gasteiger partial charge in [-0.3, -0.25) is 4.79 Å². The molecule has 0 aromatic heterocycles. The van der Waals surface area contributed by atoms with Crippen molar-refractivity contribution in [3.8, 4) is 0 Å². The zero-order chi connectivity index (χ0) is 16.0. The van der Waals surface area contributed by atoms with E-state index < -0.39 is 15.8 Å². The highest BCUT2D eigenvalue weighted by Gasteiger charge is 2.32. The summed E-state index contributed by atoms with van der Waals surface area (Å²) < 4.78 is 36.0. The maximum absolute atomic E-state index is 13.4. The molecule has 0 aliphatic carbocycles. The van der Waals surface area contributed by atoms with Gasteiger partial charge in [-0.05, 0) is 30.2 Å². The van der Waals surface area contributed by atoms with E-state index in [9.17, 15) is 17.6 Å². The molecule has 0 radical (unpaired) electrons. The van der Waals surface area contributed by atoms with Gasteiger partial charge in [0, 0.05) is 12.3 Å². The molecule has 4 nitrogen and oxygen atoms in total. The Balaban J connectivity index is 1.58. The fourth-order valence-corrected chi connectivity index (χ4v) is 5.02. The maximum atomic E-state index is 13.4. The first kappa shape index (κ1) is 17.3. The second kappa shape index (κ2) is 7.97. The van der Waals surface area contributed by atoms with E-state index in [0.29, 0.717) is 24.3 Å². The van der Waals surface area contributed by atoms with Crippen molar-refractivity contribution < 1.29 is 17.6 Å². The number of amides is 1. The van der Waals surface area contributed by atoms with Gasteiger partial charge in [0.1, 0.15) is 5.82 Å². The van der Waals surface area contributed by atoms with Gasteiger partial charge >= 0.3 is 0 Å². The Labute approximate surface area is 134 Å². The van der Waals surface area contributed by atoms with Crippen LogP contribution in [-0.2, 0) is 20.4 Å². The molecule has 1 heterocycles. The number of rotatable bonds is 7. The van der Waals surface area contributed by atoms with Crippen molar-refractivity contribution in [1.82, 2.24) is 5.32 Å². The number of sulfone groups is 1. The molecular formula is C15H20FNO3S2. The molecule has 1 atom stereocenters. The Morgan fingerprint density at radius 1 is 1.36 bits per heavy atom. The lowest BCUT2D eigenvalue weighted by Gasteiger charge is -2.09. The Bertz CT molecular complexity index is 619. The van der Waals surface area contributed by atoms with Crippen molar-refractivity contribution in [3.63, 3.8) is 0 Å². The number of nitrogens with one attached hydrogen (secondary N) is 1. The molecule has 1 saturated heterocycles. The number of hydrogen-bond acceptors (Lipinski definition) is 4. The van der Waals surface area contributed by atoms with Crippen LogP contribution in [0.4, 0.5) is 4.39 Å². The first-order valence-corrected chi connectivity index (χ1v) is 10.2. The zero-order valence-electron chi connectivity index (χ0n) is 12.3. The third-order valence-corrected chi connectivity index (χ3v) is 6.44. The maximum Gasteiger partial charge on any atom is 0.224 e. The van der Waals surface area contributed by atoms with Crippen molar-refractivity contribution in [2.24, 2.45) is 5.92 Å². The van der Waals surface area contributed by atoms with Crippen molar-refractivity contribution in [1.29, 1.82) is 0 Å². The van der Waals surface area contributed by atoms with Gasteiger partial charge < -0.3 is 5.32 Å². The third-order valence-electron chi connectivity index (χ3n) is 3.58. The minimum atomic E-state index is -3.01. The van der Waals surface area contributed by atoms with E-state index in [0.717, 1.165) is 12.2 Å². The molecule has 2 rings (SSSR count). The number of carbonyl (C=O) groups is 1. The van der Waals surface area contributed by atoms with Gasteiger partial charge in [-0.1, -0.05) is 18.2 Å². The molecule has 0 bridgehead atoms. The number of carbonyl (C=O) groups excluding carboxylic acids is 1. The lowest BCUT2D eigenvalue weighted by atomic mass is 10.1. The van der Waals surface area contributed by atoms with Crippen molar-refractivity contribution >= 4 is 27.5 Å². The highest BCUT2D eigenvalue weighted by Crippen LogP contribution is 2.18. The van der Waals surface area contributed by atoms with Gasteiger partial charge in [0.25, 0.3) is 0 Å². The second-order valence-electron chi connectivity index (χ2n) is 5.39. The third kappa shape index (κ3) is 5.28. The molecule has 0 saturated carbocycles. The van der Waals surface area contributed by atoms with Gasteiger partial charge in [0.05, 0.1) is 17.4 Å². The van der Waals surface area contributed by atoms with Crippen LogP contribution >= 0.6 is 11.8 Å². The Morgan fingerprint density at radius 2 is 2.14 bits per heavy atom. The van der Waals surface area contributed by atoms with Crippen molar-refractivity contribution in [2.75, 3.05) is 23.8 Å². The van der Waals surface area contributed by atoms with E-state index in [1.165, 1.54) is 6.07 Å². The van der Waals surface area contributed by atoms with E-state index in [2.05, 4.69) is 5.32 Å². The van der Waals surface area contributed by atoms with Crippen LogP contribution in [0.2, 0.25) is 0 Å². The molecule has 1 aromatic rings. The van der Waals surface area contributed by atoms with E-state index in [1.807, 2.05) is 6.07 Å². The Kier molecular flexibility index (Phi) is 6.26. The molecule has 1 unspecified atom stereocenters. The summed E-state index contributed by atoms with van der Waals surface area (Å²) in [5.74, 6) is 0.769. The summed E-state index contributed by atoms with van der Waals surface area (Å²) in [6.45, 7) is 0.527.